The van der Waals surface area contributed by atoms with E-state index < -0.39 is 11.7 Å². The first-order valence-electron chi connectivity index (χ1n) is 3.94. The highest BCUT2D eigenvalue weighted by Crippen LogP contribution is 2.36. The molecule has 2 rings (SSSR count). The van der Waals surface area contributed by atoms with E-state index in [9.17, 15) is 9.90 Å². The molecule has 1 aromatic carbocycles. The number of carbonyl (C=O) groups is 1. The minimum atomic E-state index is -1.29. The second-order valence-corrected chi connectivity index (χ2v) is 3.39. The summed E-state index contributed by atoms with van der Waals surface area (Å²) in [4.78, 5) is 10.7. The molecule has 0 radical (unpaired) electrons. The maximum absolute atomic E-state index is 10.7. The molecule has 78 valence electrons. The van der Waals surface area contributed by atoms with E-state index in [2.05, 4.69) is 0 Å². The van der Waals surface area contributed by atoms with Crippen LogP contribution in [0.25, 0.3) is 11.0 Å². The van der Waals surface area contributed by atoms with Crippen LogP contribution < -0.4 is 5.73 Å². The highest BCUT2D eigenvalue weighted by atomic mass is 35.5. The zero-order valence-electron chi connectivity index (χ0n) is 7.32. The molecule has 1 aromatic heterocycles. The monoisotopic (exact) mass is 227 g/mol. The van der Waals surface area contributed by atoms with Crippen LogP contribution in [0.4, 0.5) is 5.69 Å². The van der Waals surface area contributed by atoms with Crippen LogP contribution in [-0.2, 0) is 0 Å². The van der Waals surface area contributed by atoms with Crippen molar-refractivity contribution in [2.24, 2.45) is 0 Å². The summed E-state index contributed by atoms with van der Waals surface area (Å²) >= 11 is 5.68. The maximum Gasteiger partial charge on any atom is 0.374 e. The molecule has 0 saturated heterocycles. The van der Waals surface area contributed by atoms with Gasteiger partial charge in [0.05, 0.1) is 5.69 Å². The topological polar surface area (TPSA) is 96.7 Å². The lowest BCUT2D eigenvalue weighted by atomic mass is 10.2. The van der Waals surface area contributed by atoms with Gasteiger partial charge in [-0.05, 0) is 6.07 Å². The molecule has 15 heavy (non-hydrogen) atoms. The van der Waals surface area contributed by atoms with Crippen LogP contribution >= 0.6 is 11.6 Å². The number of carboxylic acids is 1. The number of fused-ring (bicyclic) bond motifs is 1. The number of carboxylic acid groups (broad SMARTS) is 1. The zero-order chi connectivity index (χ0) is 11.2. The van der Waals surface area contributed by atoms with Gasteiger partial charge in [0, 0.05) is 16.5 Å². The van der Waals surface area contributed by atoms with E-state index in [4.69, 9.17) is 26.9 Å². The summed E-state index contributed by atoms with van der Waals surface area (Å²) in [6, 6.07) is 2.68. The van der Waals surface area contributed by atoms with E-state index in [0.717, 1.165) is 0 Å². The Bertz CT molecular complexity index is 561. The van der Waals surface area contributed by atoms with Crippen LogP contribution in [0.15, 0.2) is 16.5 Å². The number of halogens is 1. The van der Waals surface area contributed by atoms with Crippen molar-refractivity contribution in [3.63, 3.8) is 0 Å². The lowest BCUT2D eigenvalue weighted by Gasteiger charge is -1.94. The molecule has 5 nitrogen and oxygen atoms in total. The van der Waals surface area contributed by atoms with Gasteiger partial charge in [0.25, 0.3) is 0 Å². The molecule has 0 atom stereocenters. The number of aromatic hydroxyl groups is 1. The molecule has 0 amide bonds. The molecule has 6 heteroatoms. The molecule has 0 saturated carbocycles. The van der Waals surface area contributed by atoms with E-state index in [1.54, 1.807) is 0 Å². The minimum Gasteiger partial charge on any atom is -0.504 e. The Balaban J connectivity index is 2.88. The largest absolute Gasteiger partial charge is 0.504 e. The van der Waals surface area contributed by atoms with Crippen LogP contribution in [-0.4, -0.2) is 16.2 Å². The first-order chi connectivity index (χ1) is 7.00. The average Bonchev–Trinajstić information content (AvgIpc) is 2.44. The zero-order valence-corrected chi connectivity index (χ0v) is 8.08. The van der Waals surface area contributed by atoms with Gasteiger partial charge in [-0.3, -0.25) is 0 Å². The smallest absolute Gasteiger partial charge is 0.374 e. The highest BCUT2D eigenvalue weighted by Gasteiger charge is 2.19. The van der Waals surface area contributed by atoms with Crippen LogP contribution in [0.1, 0.15) is 10.6 Å². The number of benzene rings is 1. The normalized spacial score (nSPS) is 10.7. The van der Waals surface area contributed by atoms with Crippen LogP contribution in [0.3, 0.4) is 0 Å². The molecule has 0 spiro atoms. The summed E-state index contributed by atoms with van der Waals surface area (Å²) in [6.45, 7) is 0. The fourth-order valence-corrected chi connectivity index (χ4v) is 1.54. The number of nitrogen functional groups attached to an aromatic ring is 1. The van der Waals surface area contributed by atoms with Gasteiger partial charge in [0.1, 0.15) is 0 Å². The molecule has 2 aromatic rings. The van der Waals surface area contributed by atoms with Crippen molar-refractivity contribution in [3.05, 3.63) is 22.9 Å². The van der Waals surface area contributed by atoms with Gasteiger partial charge in [-0.25, -0.2) is 4.79 Å². The third-order valence-electron chi connectivity index (χ3n) is 1.97. The summed E-state index contributed by atoms with van der Waals surface area (Å²) in [6.07, 6.45) is 0. The minimum absolute atomic E-state index is 0.0225. The van der Waals surface area contributed by atoms with Crippen molar-refractivity contribution >= 4 is 34.2 Å². The van der Waals surface area contributed by atoms with Gasteiger partial charge >= 0.3 is 5.97 Å². The number of nitrogens with two attached hydrogens (primary N) is 1. The van der Waals surface area contributed by atoms with E-state index in [1.807, 2.05) is 0 Å². The molecule has 4 N–H and O–H groups in total. The van der Waals surface area contributed by atoms with Gasteiger partial charge in [0.2, 0.25) is 5.76 Å². The number of furan rings is 1. The Kier molecular flexibility index (Phi) is 1.97. The maximum atomic E-state index is 10.7. The van der Waals surface area contributed by atoms with Crippen LogP contribution in [0.5, 0.6) is 5.75 Å². The first-order valence-corrected chi connectivity index (χ1v) is 4.32. The van der Waals surface area contributed by atoms with Crippen LogP contribution in [0, 0.1) is 0 Å². The van der Waals surface area contributed by atoms with E-state index in [0.29, 0.717) is 0 Å². The number of hydrogen-bond acceptors (Lipinski definition) is 4. The summed E-state index contributed by atoms with van der Waals surface area (Å²) < 4.78 is 4.91. The standard InChI is InChI=1S/C9H6ClNO4/c10-3-1-4-6(11)8(9(13)14)15-7(4)5(12)2-3/h1-2,12H,11H2,(H,13,14). The molecule has 0 fully saturated rings. The Morgan fingerprint density at radius 3 is 2.73 bits per heavy atom. The van der Waals surface area contributed by atoms with Crippen molar-refractivity contribution in [3.8, 4) is 5.75 Å². The number of hydrogen-bond donors (Lipinski definition) is 3. The lowest BCUT2D eigenvalue weighted by molar-refractivity contribution is 0.0666. The highest BCUT2D eigenvalue weighted by molar-refractivity contribution is 6.31. The second-order valence-electron chi connectivity index (χ2n) is 2.95. The third-order valence-corrected chi connectivity index (χ3v) is 2.19. The fraction of sp³-hybridized carbons (Fsp3) is 0. The SMILES string of the molecule is Nc1c(C(=O)O)oc2c(O)cc(Cl)cc12. The molecule has 0 unspecified atom stereocenters. The fourth-order valence-electron chi connectivity index (χ4n) is 1.32. The molecule has 0 bridgehead atoms. The number of phenols is 1. The van der Waals surface area contributed by atoms with Gasteiger partial charge in [0.15, 0.2) is 11.3 Å². The van der Waals surface area contributed by atoms with Gasteiger partial charge < -0.3 is 20.4 Å². The van der Waals surface area contributed by atoms with Crippen molar-refractivity contribution in [2.45, 2.75) is 0 Å². The van der Waals surface area contributed by atoms with Crippen molar-refractivity contribution in [2.75, 3.05) is 5.73 Å². The Morgan fingerprint density at radius 1 is 1.47 bits per heavy atom. The third kappa shape index (κ3) is 1.37. The summed E-state index contributed by atoms with van der Waals surface area (Å²) in [5.41, 5.74) is 5.51. The lowest BCUT2D eigenvalue weighted by Crippen LogP contribution is -1.98. The number of aromatic carboxylic acids is 1. The van der Waals surface area contributed by atoms with Gasteiger partial charge in [-0.1, -0.05) is 11.6 Å². The van der Waals surface area contributed by atoms with Crippen molar-refractivity contribution in [1.29, 1.82) is 0 Å². The summed E-state index contributed by atoms with van der Waals surface area (Å²) in [7, 11) is 0. The molecule has 1 heterocycles. The number of anilines is 1. The van der Waals surface area contributed by atoms with Crippen LogP contribution in [0.2, 0.25) is 5.02 Å². The summed E-state index contributed by atoms with van der Waals surface area (Å²) in [5.74, 6) is -1.93. The van der Waals surface area contributed by atoms with Gasteiger partial charge in [-0.2, -0.15) is 0 Å². The molecular formula is C9H6ClNO4. The predicted octanol–water partition coefficient (Wildman–Crippen LogP) is 2.07. The molecule has 0 aliphatic carbocycles. The van der Waals surface area contributed by atoms with Gasteiger partial charge in [-0.15, -0.1) is 0 Å². The Morgan fingerprint density at radius 2 is 2.13 bits per heavy atom. The van der Waals surface area contributed by atoms with E-state index >= 15 is 0 Å². The second kappa shape index (κ2) is 3.06. The quantitative estimate of drug-likeness (QED) is 0.693. The predicted molar refractivity (Wildman–Crippen MR) is 54.3 cm³/mol. The van der Waals surface area contributed by atoms with Crippen molar-refractivity contribution in [1.82, 2.24) is 0 Å². The first kappa shape index (κ1) is 9.67. The number of rotatable bonds is 1. The van der Waals surface area contributed by atoms with Crippen molar-refractivity contribution < 1.29 is 19.4 Å². The van der Waals surface area contributed by atoms with E-state index in [-0.39, 0.29) is 27.4 Å². The number of phenolic OH excluding ortho intramolecular Hbond substituents is 1. The Labute approximate surface area is 88.7 Å². The molecule has 0 aliphatic heterocycles. The Hall–Kier alpha value is -1.88. The van der Waals surface area contributed by atoms with E-state index in [1.165, 1.54) is 12.1 Å². The molecular weight excluding hydrogens is 222 g/mol. The summed E-state index contributed by atoms with van der Waals surface area (Å²) in [5, 5.41) is 18.7. The average molecular weight is 228 g/mol. The molecule has 0 aliphatic rings.